The smallest absolute Gasteiger partial charge is 0.392 e. The Morgan fingerprint density at radius 3 is 2.63 bits per heavy atom. The van der Waals surface area contributed by atoms with E-state index in [1.807, 2.05) is 4.90 Å². The van der Waals surface area contributed by atoms with Crippen LogP contribution in [-0.4, -0.2) is 29.2 Å². The monoisotopic (exact) mass is 277 g/mol. The van der Waals surface area contributed by atoms with E-state index in [0.717, 1.165) is 18.6 Å². The minimum Gasteiger partial charge on any atom is -0.392 e. The van der Waals surface area contributed by atoms with Gasteiger partial charge in [0.1, 0.15) is 5.82 Å². The maximum atomic E-state index is 13.2. The second-order valence-electron chi connectivity index (χ2n) is 4.88. The highest BCUT2D eigenvalue weighted by Crippen LogP contribution is 2.30. The van der Waals surface area contributed by atoms with Crippen molar-refractivity contribution >= 4 is 0 Å². The average molecular weight is 277 g/mol. The van der Waals surface area contributed by atoms with Gasteiger partial charge in [-0.3, -0.25) is 4.90 Å². The molecule has 1 unspecified atom stereocenters. The Hall–Kier alpha value is -1.14. The number of aliphatic hydroxyl groups excluding tert-OH is 1. The van der Waals surface area contributed by atoms with Gasteiger partial charge in [-0.2, -0.15) is 13.2 Å². The fourth-order valence-corrected chi connectivity index (χ4v) is 2.34. The van der Waals surface area contributed by atoms with Crippen molar-refractivity contribution in [3.63, 3.8) is 0 Å². The standard InChI is InChI=1S/C13H15F4NO/c14-11-5-9(4-10(6-11)13(15,16)17)7-18-3-1-2-12(19)8-18/h4-6,12,19H,1-3,7-8H2. The zero-order chi connectivity index (χ0) is 14.0. The summed E-state index contributed by atoms with van der Waals surface area (Å²) < 4.78 is 50.9. The van der Waals surface area contributed by atoms with Crippen molar-refractivity contribution in [3.05, 3.63) is 35.1 Å². The molecule has 1 aromatic carbocycles. The highest BCUT2D eigenvalue weighted by molar-refractivity contribution is 5.26. The fraction of sp³-hybridized carbons (Fsp3) is 0.538. The molecule has 1 fully saturated rings. The van der Waals surface area contributed by atoms with Crippen LogP contribution in [0.2, 0.25) is 0 Å². The van der Waals surface area contributed by atoms with Gasteiger partial charge < -0.3 is 5.11 Å². The molecule has 6 heteroatoms. The normalized spacial score (nSPS) is 21.6. The minimum atomic E-state index is -4.54. The van der Waals surface area contributed by atoms with Gasteiger partial charge in [0.25, 0.3) is 0 Å². The zero-order valence-corrected chi connectivity index (χ0v) is 10.3. The third-order valence-corrected chi connectivity index (χ3v) is 3.17. The largest absolute Gasteiger partial charge is 0.416 e. The summed E-state index contributed by atoms with van der Waals surface area (Å²) in [5, 5.41) is 9.50. The van der Waals surface area contributed by atoms with E-state index >= 15 is 0 Å². The minimum absolute atomic E-state index is 0.220. The number of hydrogen-bond acceptors (Lipinski definition) is 2. The molecule has 0 radical (unpaired) electrons. The molecule has 1 saturated heterocycles. The molecule has 1 atom stereocenters. The van der Waals surface area contributed by atoms with Crippen LogP contribution in [0.5, 0.6) is 0 Å². The zero-order valence-electron chi connectivity index (χ0n) is 10.3. The summed E-state index contributed by atoms with van der Waals surface area (Å²) >= 11 is 0. The second kappa shape index (κ2) is 5.46. The quantitative estimate of drug-likeness (QED) is 0.840. The number of piperidine rings is 1. The van der Waals surface area contributed by atoms with Crippen LogP contribution in [0, 0.1) is 5.82 Å². The highest BCUT2D eigenvalue weighted by atomic mass is 19.4. The number of alkyl halides is 3. The van der Waals surface area contributed by atoms with Crippen LogP contribution >= 0.6 is 0 Å². The highest BCUT2D eigenvalue weighted by Gasteiger charge is 2.31. The molecular weight excluding hydrogens is 262 g/mol. The molecule has 0 saturated carbocycles. The van der Waals surface area contributed by atoms with E-state index in [4.69, 9.17) is 0 Å². The van der Waals surface area contributed by atoms with Gasteiger partial charge in [-0.15, -0.1) is 0 Å². The Morgan fingerprint density at radius 1 is 1.26 bits per heavy atom. The number of β-amino-alcohol motifs (C(OH)–C–C–N with tert-alkyl or cyclic N) is 1. The summed E-state index contributed by atoms with van der Waals surface area (Å²) in [6.07, 6.45) is -3.50. The van der Waals surface area contributed by atoms with Crippen LogP contribution in [0.15, 0.2) is 18.2 Å². The van der Waals surface area contributed by atoms with Crippen molar-refractivity contribution in [2.45, 2.75) is 31.7 Å². The third-order valence-electron chi connectivity index (χ3n) is 3.17. The number of likely N-dealkylation sites (tertiary alicyclic amines) is 1. The average Bonchev–Trinajstić information content (AvgIpc) is 2.26. The molecule has 106 valence electrons. The van der Waals surface area contributed by atoms with Gasteiger partial charge in [-0.1, -0.05) is 0 Å². The summed E-state index contributed by atoms with van der Waals surface area (Å²) in [6, 6.07) is 2.56. The molecule has 0 aliphatic carbocycles. The van der Waals surface area contributed by atoms with Crippen molar-refractivity contribution in [2.24, 2.45) is 0 Å². The van der Waals surface area contributed by atoms with Gasteiger partial charge in [0.2, 0.25) is 0 Å². The lowest BCUT2D eigenvalue weighted by Crippen LogP contribution is -2.37. The van der Waals surface area contributed by atoms with Crippen LogP contribution in [-0.2, 0) is 12.7 Å². The number of rotatable bonds is 2. The van der Waals surface area contributed by atoms with Crippen LogP contribution in [0.4, 0.5) is 17.6 Å². The first-order valence-corrected chi connectivity index (χ1v) is 6.11. The van der Waals surface area contributed by atoms with Crippen molar-refractivity contribution in [2.75, 3.05) is 13.1 Å². The molecular formula is C13H15F4NO. The molecule has 2 rings (SSSR count). The molecule has 1 aromatic rings. The topological polar surface area (TPSA) is 23.5 Å². The lowest BCUT2D eigenvalue weighted by Gasteiger charge is -2.30. The molecule has 0 bridgehead atoms. The summed E-state index contributed by atoms with van der Waals surface area (Å²) in [5.74, 6) is -0.887. The van der Waals surface area contributed by atoms with Crippen LogP contribution in [0.25, 0.3) is 0 Å². The number of hydrogen-bond donors (Lipinski definition) is 1. The number of halogens is 4. The number of benzene rings is 1. The van der Waals surface area contributed by atoms with E-state index in [1.54, 1.807) is 0 Å². The lowest BCUT2D eigenvalue weighted by molar-refractivity contribution is -0.137. The Labute approximate surface area is 108 Å². The first-order valence-electron chi connectivity index (χ1n) is 6.11. The van der Waals surface area contributed by atoms with Gasteiger partial charge >= 0.3 is 6.18 Å². The fourth-order valence-electron chi connectivity index (χ4n) is 2.34. The summed E-state index contributed by atoms with van der Waals surface area (Å²) in [7, 11) is 0. The van der Waals surface area contributed by atoms with Crippen LogP contribution < -0.4 is 0 Å². The first-order chi connectivity index (χ1) is 8.84. The summed E-state index contributed by atoms with van der Waals surface area (Å²) in [4.78, 5) is 1.84. The first kappa shape index (κ1) is 14.3. The van der Waals surface area contributed by atoms with E-state index in [1.165, 1.54) is 0 Å². The van der Waals surface area contributed by atoms with Gasteiger partial charge in [-0.05, 0) is 43.1 Å². The van der Waals surface area contributed by atoms with Gasteiger partial charge in [0.05, 0.1) is 11.7 Å². The van der Waals surface area contributed by atoms with Gasteiger partial charge in [-0.25, -0.2) is 4.39 Å². The Morgan fingerprint density at radius 2 is 2.00 bits per heavy atom. The maximum Gasteiger partial charge on any atom is 0.416 e. The molecule has 1 aliphatic heterocycles. The predicted molar refractivity (Wildman–Crippen MR) is 61.9 cm³/mol. The van der Waals surface area contributed by atoms with E-state index in [9.17, 15) is 22.7 Å². The molecule has 2 nitrogen and oxygen atoms in total. The Balaban J connectivity index is 2.14. The van der Waals surface area contributed by atoms with E-state index in [2.05, 4.69) is 0 Å². The maximum absolute atomic E-state index is 13.2. The number of aliphatic hydroxyl groups is 1. The summed E-state index contributed by atoms with van der Waals surface area (Å²) in [6.45, 7) is 1.34. The van der Waals surface area contributed by atoms with E-state index in [-0.39, 0.29) is 12.1 Å². The van der Waals surface area contributed by atoms with Crippen molar-refractivity contribution in [1.29, 1.82) is 0 Å². The van der Waals surface area contributed by atoms with Gasteiger partial charge in [0.15, 0.2) is 0 Å². The van der Waals surface area contributed by atoms with E-state index in [0.29, 0.717) is 25.6 Å². The second-order valence-corrected chi connectivity index (χ2v) is 4.88. The van der Waals surface area contributed by atoms with Gasteiger partial charge in [0, 0.05) is 13.1 Å². The lowest BCUT2D eigenvalue weighted by atomic mass is 10.1. The third kappa shape index (κ3) is 3.91. The Bertz CT molecular complexity index is 447. The molecule has 0 spiro atoms. The SMILES string of the molecule is OC1CCCN(Cc2cc(F)cc(C(F)(F)F)c2)C1. The molecule has 1 heterocycles. The molecule has 0 aromatic heterocycles. The van der Waals surface area contributed by atoms with Crippen LogP contribution in [0.3, 0.4) is 0 Å². The number of nitrogens with zero attached hydrogens (tertiary/aromatic N) is 1. The van der Waals surface area contributed by atoms with Crippen molar-refractivity contribution in [1.82, 2.24) is 4.90 Å². The van der Waals surface area contributed by atoms with Crippen LogP contribution in [0.1, 0.15) is 24.0 Å². The predicted octanol–water partition coefficient (Wildman–Crippen LogP) is 2.80. The molecule has 0 amide bonds. The molecule has 1 aliphatic rings. The molecule has 1 N–H and O–H groups in total. The molecule has 19 heavy (non-hydrogen) atoms. The van der Waals surface area contributed by atoms with Crippen molar-refractivity contribution < 1.29 is 22.7 Å². The van der Waals surface area contributed by atoms with Crippen molar-refractivity contribution in [3.8, 4) is 0 Å². The van der Waals surface area contributed by atoms with E-state index < -0.39 is 23.7 Å². The Kier molecular flexibility index (Phi) is 4.10. The summed E-state index contributed by atoms with van der Waals surface area (Å²) in [5.41, 5.74) is -0.693.